The molecule has 114 valence electrons. The number of anilines is 1. The molecule has 0 bridgehead atoms. The minimum absolute atomic E-state index is 0.161. The quantitative estimate of drug-likeness (QED) is 0.418. The number of benzene rings is 1. The van der Waals surface area contributed by atoms with E-state index in [-0.39, 0.29) is 5.91 Å². The summed E-state index contributed by atoms with van der Waals surface area (Å²) < 4.78 is 6.36. The highest BCUT2D eigenvalue weighted by Crippen LogP contribution is 2.30. The lowest BCUT2D eigenvalue weighted by molar-refractivity contribution is -0.127. The van der Waals surface area contributed by atoms with Crippen molar-refractivity contribution in [1.29, 1.82) is 5.26 Å². The summed E-state index contributed by atoms with van der Waals surface area (Å²) in [4.78, 5) is 11.9. The van der Waals surface area contributed by atoms with Gasteiger partial charge in [-0.05, 0) is 48.1 Å². The molecule has 21 heavy (non-hydrogen) atoms. The Morgan fingerprint density at radius 2 is 2.24 bits per heavy atom. The number of amides is 1. The fourth-order valence-electron chi connectivity index (χ4n) is 1.76. The summed E-state index contributed by atoms with van der Waals surface area (Å²) in [5, 5.41) is 11.7. The highest BCUT2D eigenvalue weighted by molar-refractivity contribution is 14.1. The van der Waals surface area contributed by atoms with Crippen LogP contribution in [0.3, 0.4) is 0 Å². The van der Waals surface area contributed by atoms with Crippen molar-refractivity contribution in [2.45, 2.75) is 39.2 Å². The topological polar surface area (TPSA) is 88.1 Å². The van der Waals surface area contributed by atoms with Gasteiger partial charge < -0.3 is 15.8 Å². The summed E-state index contributed by atoms with van der Waals surface area (Å²) in [5.74, 6) is 0.288. The number of nitrogens with one attached hydrogen (secondary N) is 1. The van der Waals surface area contributed by atoms with Crippen molar-refractivity contribution < 1.29 is 9.53 Å². The first-order valence-corrected chi connectivity index (χ1v) is 8.01. The van der Waals surface area contributed by atoms with E-state index in [1.54, 1.807) is 19.1 Å². The number of rotatable bonds is 7. The van der Waals surface area contributed by atoms with E-state index in [9.17, 15) is 4.79 Å². The Morgan fingerprint density at radius 3 is 2.81 bits per heavy atom. The van der Waals surface area contributed by atoms with E-state index in [4.69, 9.17) is 15.7 Å². The van der Waals surface area contributed by atoms with Gasteiger partial charge in [0.15, 0.2) is 11.9 Å². The molecule has 0 aliphatic rings. The number of carbonyl (C=O) groups excluding carboxylic acids is 1. The summed E-state index contributed by atoms with van der Waals surface area (Å²) in [7, 11) is 0. The number of nitrogens with zero attached hydrogens (tertiary/aromatic N) is 1. The molecule has 5 nitrogen and oxygen atoms in total. The molecule has 3 N–H and O–H groups in total. The molecular weight excluding hydrogens is 381 g/mol. The largest absolute Gasteiger partial charge is 0.478 e. The van der Waals surface area contributed by atoms with E-state index in [0.717, 1.165) is 22.8 Å². The molecule has 0 aliphatic carbocycles. The number of ether oxygens (including phenoxy) is 1. The van der Waals surface area contributed by atoms with Crippen LogP contribution >= 0.6 is 22.6 Å². The second-order valence-electron chi connectivity index (χ2n) is 4.75. The number of hydrogen-bond acceptors (Lipinski definition) is 4. The van der Waals surface area contributed by atoms with Gasteiger partial charge in [-0.2, -0.15) is 5.26 Å². The maximum Gasteiger partial charge on any atom is 0.260 e. The van der Waals surface area contributed by atoms with Gasteiger partial charge in [0.05, 0.1) is 20.9 Å². The van der Waals surface area contributed by atoms with Gasteiger partial charge in [-0.1, -0.05) is 19.8 Å². The number of nitriles is 1. The second kappa shape index (κ2) is 8.72. The standard InChI is InChI=1S/C15H20IN3O2/c1-3-4-5-6-19-15(20)10(2)21-14-12(16)7-11(9-17)8-13(14)18/h7-8,10H,3-6,18H2,1-2H3,(H,19,20). The van der Waals surface area contributed by atoms with E-state index in [1.807, 2.05) is 28.7 Å². The van der Waals surface area contributed by atoms with Crippen LogP contribution in [-0.2, 0) is 4.79 Å². The third kappa shape index (κ3) is 5.42. The Labute approximate surface area is 139 Å². The lowest BCUT2D eigenvalue weighted by Gasteiger charge is -2.17. The maximum atomic E-state index is 11.9. The minimum atomic E-state index is -0.629. The molecule has 0 saturated heterocycles. The average molecular weight is 401 g/mol. The van der Waals surface area contributed by atoms with Crippen molar-refractivity contribution in [2.24, 2.45) is 0 Å². The third-order valence-corrected chi connectivity index (χ3v) is 3.75. The normalized spacial score (nSPS) is 11.5. The Balaban J connectivity index is 2.64. The maximum absolute atomic E-state index is 11.9. The number of nitrogen functional groups attached to an aromatic ring is 1. The highest BCUT2D eigenvalue weighted by atomic mass is 127. The Kier molecular flexibility index (Phi) is 7.29. The molecule has 0 aromatic heterocycles. The van der Waals surface area contributed by atoms with E-state index in [2.05, 4.69) is 12.2 Å². The van der Waals surface area contributed by atoms with E-state index < -0.39 is 6.10 Å². The molecule has 0 radical (unpaired) electrons. The number of hydrogen-bond donors (Lipinski definition) is 2. The van der Waals surface area contributed by atoms with Crippen molar-refractivity contribution in [3.05, 3.63) is 21.3 Å². The van der Waals surface area contributed by atoms with Crippen LogP contribution < -0.4 is 15.8 Å². The zero-order valence-electron chi connectivity index (χ0n) is 12.3. The van der Waals surface area contributed by atoms with Gasteiger partial charge in [0, 0.05) is 6.54 Å². The average Bonchev–Trinajstić information content (AvgIpc) is 2.46. The molecule has 0 spiro atoms. The molecule has 1 amide bonds. The van der Waals surface area contributed by atoms with Gasteiger partial charge in [0.2, 0.25) is 0 Å². The lowest BCUT2D eigenvalue weighted by Crippen LogP contribution is -2.37. The summed E-state index contributed by atoms with van der Waals surface area (Å²) >= 11 is 2.04. The molecule has 1 unspecified atom stereocenters. The predicted octanol–water partition coefficient (Wildman–Crippen LogP) is 2.82. The minimum Gasteiger partial charge on any atom is -0.478 e. The Hall–Kier alpha value is -1.49. The molecule has 0 saturated carbocycles. The van der Waals surface area contributed by atoms with Crippen LogP contribution in [0.2, 0.25) is 0 Å². The number of nitrogens with two attached hydrogens (primary N) is 1. The van der Waals surface area contributed by atoms with Crippen molar-refractivity contribution in [3.63, 3.8) is 0 Å². The van der Waals surface area contributed by atoms with Crippen molar-refractivity contribution in [2.75, 3.05) is 12.3 Å². The Morgan fingerprint density at radius 1 is 1.52 bits per heavy atom. The predicted molar refractivity (Wildman–Crippen MR) is 90.9 cm³/mol. The van der Waals surface area contributed by atoms with Crippen molar-refractivity contribution in [3.8, 4) is 11.8 Å². The lowest BCUT2D eigenvalue weighted by atomic mass is 10.2. The van der Waals surface area contributed by atoms with Gasteiger partial charge in [-0.15, -0.1) is 0 Å². The second-order valence-corrected chi connectivity index (χ2v) is 5.91. The first-order valence-electron chi connectivity index (χ1n) is 6.93. The molecule has 6 heteroatoms. The van der Waals surface area contributed by atoms with Gasteiger partial charge in [-0.3, -0.25) is 4.79 Å². The fraction of sp³-hybridized carbons (Fsp3) is 0.467. The molecule has 1 aromatic rings. The molecule has 1 aromatic carbocycles. The van der Waals surface area contributed by atoms with Gasteiger partial charge >= 0.3 is 0 Å². The summed E-state index contributed by atoms with van der Waals surface area (Å²) in [6.07, 6.45) is 2.54. The third-order valence-electron chi connectivity index (χ3n) is 2.94. The van der Waals surface area contributed by atoms with Crippen LogP contribution in [0.1, 0.15) is 38.7 Å². The molecular formula is C15H20IN3O2. The highest BCUT2D eigenvalue weighted by Gasteiger charge is 2.17. The van der Waals surface area contributed by atoms with Crippen LogP contribution in [0.25, 0.3) is 0 Å². The van der Waals surface area contributed by atoms with E-state index in [0.29, 0.717) is 23.5 Å². The van der Waals surface area contributed by atoms with Crippen LogP contribution in [0.4, 0.5) is 5.69 Å². The van der Waals surface area contributed by atoms with Crippen LogP contribution in [-0.4, -0.2) is 18.6 Å². The smallest absolute Gasteiger partial charge is 0.260 e. The number of carbonyl (C=O) groups is 1. The number of halogens is 1. The monoisotopic (exact) mass is 401 g/mol. The van der Waals surface area contributed by atoms with Crippen molar-refractivity contribution >= 4 is 34.2 Å². The fourth-order valence-corrected chi connectivity index (χ4v) is 2.54. The molecule has 0 fully saturated rings. The molecule has 1 atom stereocenters. The molecule has 0 heterocycles. The molecule has 1 rings (SSSR count). The van der Waals surface area contributed by atoms with Crippen molar-refractivity contribution in [1.82, 2.24) is 5.32 Å². The van der Waals surface area contributed by atoms with E-state index >= 15 is 0 Å². The first kappa shape index (κ1) is 17.6. The summed E-state index contributed by atoms with van der Waals surface area (Å²) in [6, 6.07) is 5.26. The zero-order chi connectivity index (χ0) is 15.8. The summed E-state index contributed by atoms with van der Waals surface area (Å²) in [5.41, 5.74) is 6.71. The van der Waals surface area contributed by atoms with Crippen LogP contribution in [0, 0.1) is 14.9 Å². The van der Waals surface area contributed by atoms with Gasteiger partial charge in [0.25, 0.3) is 5.91 Å². The SMILES string of the molecule is CCCCCNC(=O)C(C)Oc1c(N)cc(C#N)cc1I. The Bertz CT molecular complexity index is 517. The first-order chi connectivity index (χ1) is 9.99. The summed E-state index contributed by atoms with van der Waals surface area (Å²) in [6.45, 7) is 4.45. The van der Waals surface area contributed by atoms with Gasteiger partial charge in [-0.25, -0.2) is 0 Å². The van der Waals surface area contributed by atoms with Gasteiger partial charge in [0.1, 0.15) is 0 Å². The van der Waals surface area contributed by atoms with Crippen LogP contribution in [0.5, 0.6) is 5.75 Å². The van der Waals surface area contributed by atoms with E-state index in [1.165, 1.54) is 0 Å². The van der Waals surface area contributed by atoms with Crippen LogP contribution in [0.15, 0.2) is 12.1 Å². The molecule has 0 aliphatic heterocycles. The number of unbranched alkanes of at least 4 members (excludes halogenated alkanes) is 2. The zero-order valence-corrected chi connectivity index (χ0v) is 14.4.